The van der Waals surface area contributed by atoms with Gasteiger partial charge in [0.1, 0.15) is 0 Å². The quantitative estimate of drug-likeness (QED) is 0.779. The van der Waals surface area contributed by atoms with E-state index in [9.17, 15) is 0 Å². The monoisotopic (exact) mass is 227 g/mol. The molecule has 2 unspecified atom stereocenters. The van der Waals surface area contributed by atoms with Crippen LogP contribution in [0.1, 0.15) is 38.5 Å². The molecule has 2 aliphatic rings. The summed E-state index contributed by atoms with van der Waals surface area (Å²) in [6.45, 7) is 2.79. The molecule has 1 heterocycles. The van der Waals surface area contributed by atoms with Crippen molar-refractivity contribution < 1.29 is 9.47 Å². The van der Waals surface area contributed by atoms with Crippen molar-refractivity contribution in [2.75, 3.05) is 26.9 Å². The van der Waals surface area contributed by atoms with Crippen LogP contribution >= 0.6 is 0 Å². The zero-order valence-corrected chi connectivity index (χ0v) is 10.4. The van der Waals surface area contributed by atoms with Gasteiger partial charge in [0.25, 0.3) is 0 Å². The maximum atomic E-state index is 6.00. The Morgan fingerprint density at radius 1 is 1.12 bits per heavy atom. The first-order valence-corrected chi connectivity index (χ1v) is 6.72. The van der Waals surface area contributed by atoms with E-state index in [0.29, 0.717) is 12.1 Å². The molecule has 0 amide bonds. The smallest absolute Gasteiger partial charge is 0.0715 e. The van der Waals surface area contributed by atoms with E-state index in [1.807, 2.05) is 0 Å². The highest BCUT2D eigenvalue weighted by atomic mass is 16.5. The Balaban J connectivity index is 1.59. The fraction of sp³-hybridized carbons (Fsp3) is 1.00. The van der Waals surface area contributed by atoms with Crippen molar-refractivity contribution in [1.82, 2.24) is 5.32 Å². The van der Waals surface area contributed by atoms with Crippen molar-refractivity contribution in [3.05, 3.63) is 0 Å². The molecule has 2 fully saturated rings. The maximum Gasteiger partial charge on any atom is 0.0715 e. The molecule has 1 aliphatic heterocycles. The standard InChI is InChI=1S/C13H25NO2/c1-15-10-12-7-13(8-14-12)16-9-11-5-3-2-4-6-11/h11-14H,2-10H2,1H3. The first kappa shape index (κ1) is 12.3. The lowest BCUT2D eigenvalue weighted by Gasteiger charge is -2.23. The Hall–Kier alpha value is -0.120. The molecule has 0 radical (unpaired) electrons. The van der Waals surface area contributed by atoms with Crippen molar-refractivity contribution in [2.24, 2.45) is 5.92 Å². The minimum Gasteiger partial charge on any atom is -0.383 e. The van der Waals surface area contributed by atoms with Gasteiger partial charge in [-0.25, -0.2) is 0 Å². The first-order valence-electron chi connectivity index (χ1n) is 6.72. The second-order valence-electron chi connectivity index (χ2n) is 5.26. The van der Waals surface area contributed by atoms with E-state index in [0.717, 1.165) is 32.1 Å². The van der Waals surface area contributed by atoms with E-state index >= 15 is 0 Å². The molecule has 1 saturated heterocycles. The lowest BCUT2D eigenvalue weighted by molar-refractivity contribution is 0.0292. The molecular weight excluding hydrogens is 202 g/mol. The average molecular weight is 227 g/mol. The van der Waals surface area contributed by atoms with Gasteiger partial charge in [-0.15, -0.1) is 0 Å². The average Bonchev–Trinajstić information content (AvgIpc) is 2.76. The van der Waals surface area contributed by atoms with Crippen molar-refractivity contribution in [3.8, 4) is 0 Å². The fourth-order valence-corrected chi connectivity index (χ4v) is 2.86. The predicted molar refractivity (Wildman–Crippen MR) is 64.6 cm³/mol. The van der Waals surface area contributed by atoms with Gasteiger partial charge >= 0.3 is 0 Å². The fourth-order valence-electron chi connectivity index (χ4n) is 2.86. The Labute approximate surface area is 98.9 Å². The zero-order valence-electron chi connectivity index (χ0n) is 10.4. The Bertz CT molecular complexity index is 192. The molecule has 3 heteroatoms. The summed E-state index contributed by atoms with van der Waals surface area (Å²) < 4.78 is 11.2. The van der Waals surface area contributed by atoms with E-state index in [2.05, 4.69) is 5.32 Å². The van der Waals surface area contributed by atoms with E-state index in [1.54, 1.807) is 7.11 Å². The number of hydrogen-bond acceptors (Lipinski definition) is 3. The zero-order chi connectivity index (χ0) is 11.2. The molecule has 0 spiro atoms. The van der Waals surface area contributed by atoms with Gasteiger partial charge in [-0.1, -0.05) is 19.3 Å². The van der Waals surface area contributed by atoms with Gasteiger partial charge in [-0.05, 0) is 25.2 Å². The van der Waals surface area contributed by atoms with Crippen LogP contribution < -0.4 is 5.32 Å². The van der Waals surface area contributed by atoms with Crippen LogP contribution in [0.2, 0.25) is 0 Å². The molecule has 2 rings (SSSR count). The molecule has 2 atom stereocenters. The first-order chi connectivity index (χ1) is 7.88. The van der Waals surface area contributed by atoms with E-state index in [1.165, 1.54) is 32.1 Å². The minimum atomic E-state index is 0.419. The van der Waals surface area contributed by atoms with Crippen LogP contribution in [0, 0.1) is 5.92 Å². The topological polar surface area (TPSA) is 30.5 Å². The highest BCUT2D eigenvalue weighted by molar-refractivity contribution is 4.82. The van der Waals surface area contributed by atoms with Crippen LogP contribution in [0.15, 0.2) is 0 Å². The third kappa shape index (κ3) is 3.72. The summed E-state index contributed by atoms with van der Waals surface area (Å²) in [5.74, 6) is 0.829. The second kappa shape index (κ2) is 6.58. The minimum absolute atomic E-state index is 0.419. The van der Waals surface area contributed by atoms with Crippen molar-refractivity contribution in [3.63, 3.8) is 0 Å². The molecule has 16 heavy (non-hydrogen) atoms. The van der Waals surface area contributed by atoms with Crippen LogP contribution in [0.4, 0.5) is 0 Å². The van der Waals surface area contributed by atoms with E-state index < -0.39 is 0 Å². The molecule has 0 bridgehead atoms. The lowest BCUT2D eigenvalue weighted by atomic mass is 9.90. The molecule has 94 valence electrons. The Morgan fingerprint density at radius 3 is 2.69 bits per heavy atom. The van der Waals surface area contributed by atoms with Crippen LogP contribution in [-0.4, -0.2) is 39.0 Å². The summed E-state index contributed by atoms with van der Waals surface area (Å²) in [7, 11) is 1.76. The highest BCUT2D eigenvalue weighted by Gasteiger charge is 2.25. The summed E-state index contributed by atoms with van der Waals surface area (Å²) in [5, 5.41) is 3.45. The number of nitrogens with one attached hydrogen (secondary N) is 1. The Kier molecular flexibility index (Phi) is 5.07. The van der Waals surface area contributed by atoms with Crippen LogP contribution in [0.25, 0.3) is 0 Å². The van der Waals surface area contributed by atoms with Crippen LogP contribution in [0.3, 0.4) is 0 Å². The van der Waals surface area contributed by atoms with Gasteiger partial charge in [0.15, 0.2) is 0 Å². The van der Waals surface area contributed by atoms with Crippen molar-refractivity contribution >= 4 is 0 Å². The van der Waals surface area contributed by atoms with Gasteiger partial charge in [0.2, 0.25) is 0 Å². The van der Waals surface area contributed by atoms with Crippen LogP contribution in [-0.2, 0) is 9.47 Å². The molecular formula is C13H25NO2. The summed E-state index contributed by atoms with van der Waals surface area (Å²) in [4.78, 5) is 0. The van der Waals surface area contributed by atoms with E-state index in [-0.39, 0.29) is 0 Å². The number of methoxy groups -OCH3 is 1. The number of rotatable bonds is 5. The van der Waals surface area contributed by atoms with E-state index in [4.69, 9.17) is 9.47 Å². The van der Waals surface area contributed by atoms with Gasteiger partial charge in [-0.3, -0.25) is 0 Å². The SMILES string of the molecule is COCC1CC(OCC2CCCCC2)CN1. The van der Waals surface area contributed by atoms with Gasteiger partial charge in [-0.2, -0.15) is 0 Å². The lowest BCUT2D eigenvalue weighted by Crippen LogP contribution is -2.26. The number of hydrogen-bond donors (Lipinski definition) is 1. The van der Waals surface area contributed by atoms with Crippen LogP contribution in [0.5, 0.6) is 0 Å². The van der Waals surface area contributed by atoms with Gasteiger partial charge in [0, 0.05) is 26.3 Å². The Morgan fingerprint density at radius 2 is 1.94 bits per heavy atom. The third-order valence-corrected chi connectivity index (χ3v) is 3.84. The molecule has 1 N–H and O–H groups in total. The third-order valence-electron chi connectivity index (χ3n) is 3.84. The molecule has 1 aliphatic carbocycles. The number of ether oxygens (including phenoxy) is 2. The molecule has 0 aromatic carbocycles. The van der Waals surface area contributed by atoms with Crippen molar-refractivity contribution in [2.45, 2.75) is 50.7 Å². The maximum absolute atomic E-state index is 6.00. The normalized spacial score (nSPS) is 32.1. The molecule has 0 aromatic heterocycles. The van der Waals surface area contributed by atoms with Gasteiger partial charge < -0.3 is 14.8 Å². The molecule has 3 nitrogen and oxygen atoms in total. The summed E-state index contributed by atoms with van der Waals surface area (Å²) in [6, 6.07) is 0.501. The molecule has 1 saturated carbocycles. The summed E-state index contributed by atoms with van der Waals surface area (Å²) >= 11 is 0. The predicted octanol–water partition coefficient (Wildman–Crippen LogP) is 1.96. The molecule has 0 aromatic rings. The van der Waals surface area contributed by atoms with Crippen molar-refractivity contribution in [1.29, 1.82) is 0 Å². The largest absolute Gasteiger partial charge is 0.383 e. The second-order valence-corrected chi connectivity index (χ2v) is 5.26. The summed E-state index contributed by atoms with van der Waals surface area (Å²) in [6.07, 6.45) is 8.52. The summed E-state index contributed by atoms with van der Waals surface area (Å²) in [5.41, 5.74) is 0. The van der Waals surface area contributed by atoms with Gasteiger partial charge in [0.05, 0.1) is 12.7 Å². The highest BCUT2D eigenvalue weighted by Crippen LogP contribution is 2.24.